The molecule has 1 aliphatic heterocycles. The Morgan fingerprint density at radius 1 is 1.14 bits per heavy atom. The molecular formula is C21H22N4O4. The summed E-state index contributed by atoms with van der Waals surface area (Å²) in [6, 6.07) is 6.71. The molecule has 150 valence electrons. The van der Waals surface area contributed by atoms with Crippen molar-refractivity contribution in [3.05, 3.63) is 47.5 Å². The number of furan rings is 1. The molecule has 0 unspecified atom stereocenters. The van der Waals surface area contributed by atoms with Gasteiger partial charge < -0.3 is 19.4 Å². The Kier molecular flexibility index (Phi) is 5.16. The van der Waals surface area contributed by atoms with Gasteiger partial charge in [-0.05, 0) is 38.3 Å². The van der Waals surface area contributed by atoms with Gasteiger partial charge in [0, 0.05) is 13.1 Å². The van der Waals surface area contributed by atoms with Gasteiger partial charge in [-0.15, -0.1) is 0 Å². The lowest BCUT2D eigenvalue weighted by Crippen LogP contribution is -2.30. The lowest BCUT2D eigenvalue weighted by Gasteiger charge is -2.28. The number of anilines is 2. The predicted octanol–water partition coefficient (Wildman–Crippen LogP) is 3.56. The molecule has 0 atom stereocenters. The summed E-state index contributed by atoms with van der Waals surface area (Å²) in [6.45, 7) is 3.48. The molecule has 3 heterocycles. The van der Waals surface area contributed by atoms with Crippen molar-refractivity contribution in [2.24, 2.45) is 0 Å². The number of amides is 1. The van der Waals surface area contributed by atoms with E-state index in [2.05, 4.69) is 20.2 Å². The third-order valence-corrected chi connectivity index (χ3v) is 5.11. The van der Waals surface area contributed by atoms with Gasteiger partial charge >= 0.3 is 5.97 Å². The van der Waals surface area contributed by atoms with Gasteiger partial charge in [0.15, 0.2) is 0 Å². The summed E-state index contributed by atoms with van der Waals surface area (Å²) in [7, 11) is 1.30. The van der Waals surface area contributed by atoms with E-state index in [4.69, 9.17) is 9.15 Å². The number of rotatable bonds is 4. The molecule has 1 aromatic carbocycles. The first kappa shape index (κ1) is 18.9. The normalized spacial score (nSPS) is 14.1. The molecule has 8 nitrogen and oxygen atoms in total. The average molecular weight is 394 g/mol. The van der Waals surface area contributed by atoms with Crippen LogP contribution in [0.2, 0.25) is 0 Å². The number of piperidine rings is 1. The molecule has 1 N–H and O–H groups in total. The fourth-order valence-corrected chi connectivity index (χ4v) is 3.71. The van der Waals surface area contributed by atoms with E-state index in [0.717, 1.165) is 25.9 Å². The first-order valence-corrected chi connectivity index (χ1v) is 9.58. The number of benzene rings is 1. The standard InChI is InChI=1S/C21H22N4O4/c1-13-16(19(26)24-15-9-5-4-8-14(15)21(27)28-2)17-18(22-12-23-20(17)29-13)25-10-6-3-7-11-25/h4-5,8-9,12H,3,6-7,10-11H2,1-2H3,(H,24,26). The van der Waals surface area contributed by atoms with Crippen LogP contribution in [0.3, 0.4) is 0 Å². The minimum absolute atomic E-state index is 0.279. The van der Waals surface area contributed by atoms with Crippen molar-refractivity contribution in [3.63, 3.8) is 0 Å². The highest BCUT2D eigenvalue weighted by Crippen LogP contribution is 2.33. The molecular weight excluding hydrogens is 372 g/mol. The molecule has 0 spiro atoms. The van der Waals surface area contributed by atoms with Crippen LogP contribution in [0.1, 0.15) is 45.7 Å². The van der Waals surface area contributed by atoms with E-state index in [1.807, 2.05) is 0 Å². The van der Waals surface area contributed by atoms with Gasteiger partial charge in [0.25, 0.3) is 5.91 Å². The number of esters is 1. The fraction of sp³-hybridized carbons (Fsp3) is 0.333. The molecule has 29 heavy (non-hydrogen) atoms. The molecule has 0 saturated carbocycles. The largest absolute Gasteiger partial charge is 0.465 e. The van der Waals surface area contributed by atoms with Crippen LogP contribution in [0.15, 0.2) is 35.0 Å². The maximum atomic E-state index is 13.2. The van der Waals surface area contributed by atoms with Crippen molar-refractivity contribution in [2.75, 3.05) is 30.4 Å². The molecule has 1 aliphatic rings. The monoisotopic (exact) mass is 394 g/mol. The Labute approximate surface area is 167 Å². The Morgan fingerprint density at radius 3 is 2.66 bits per heavy atom. The van der Waals surface area contributed by atoms with E-state index >= 15 is 0 Å². The van der Waals surface area contributed by atoms with Gasteiger partial charge in [0.2, 0.25) is 5.71 Å². The predicted molar refractivity (Wildman–Crippen MR) is 108 cm³/mol. The van der Waals surface area contributed by atoms with E-state index in [1.54, 1.807) is 31.2 Å². The second kappa shape index (κ2) is 7.90. The van der Waals surface area contributed by atoms with Crippen LogP contribution in [0.4, 0.5) is 11.5 Å². The van der Waals surface area contributed by atoms with Crippen molar-refractivity contribution >= 4 is 34.5 Å². The maximum Gasteiger partial charge on any atom is 0.339 e. The van der Waals surface area contributed by atoms with Crippen molar-refractivity contribution in [3.8, 4) is 0 Å². The van der Waals surface area contributed by atoms with Gasteiger partial charge in [0.05, 0.1) is 29.3 Å². The zero-order chi connectivity index (χ0) is 20.4. The quantitative estimate of drug-likeness (QED) is 0.676. The summed E-state index contributed by atoms with van der Waals surface area (Å²) in [4.78, 5) is 36.1. The van der Waals surface area contributed by atoms with Crippen molar-refractivity contribution in [1.82, 2.24) is 9.97 Å². The summed E-state index contributed by atoms with van der Waals surface area (Å²) in [6.07, 6.45) is 4.81. The molecule has 4 rings (SSSR count). The van der Waals surface area contributed by atoms with Crippen molar-refractivity contribution in [1.29, 1.82) is 0 Å². The Hall–Kier alpha value is -3.42. The maximum absolute atomic E-state index is 13.2. The van der Waals surface area contributed by atoms with Crippen LogP contribution < -0.4 is 10.2 Å². The molecule has 8 heteroatoms. The Morgan fingerprint density at radius 2 is 1.90 bits per heavy atom. The second-order valence-corrected chi connectivity index (χ2v) is 6.95. The summed E-state index contributed by atoms with van der Waals surface area (Å²) in [5.41, 5.74) is 1.40. The highest BCUT2D eigenvalue weighted by atomic mass is 16.5. The highest BCUT2D eigenvalue weighted by Gasteiger charge is 2.26. The number of fused-ring (bicyclic) bond motifs is 1. The average Bonchev–Trinajstić information content (AvgIpc) is 3.10. The number of nitrogens with zero attached hydrogens (tertiary/aromatic N) is 3. The first-order valence-electron chi connectivity index (χ1n) is 9.58. The lowest BCUT2D eigenvalue weighted by molar-refractivity contribution is 0.0602. The fourth-order valence-electron chi connectivity index (χ4n) is 3.71. The SMILES string of the molecule is COC(=O)c1ccccc1NC(=O)c1c(C)oc2ncnc(N3CCCCC3)c12. The van der Waals surface area contributed by atoms with Gasteiger partial charge in [-0.1, -0.05) is 12.1 Å². The van der Waals surface area contributed by atoms with E-state index in [1.165, 1.54) is 19.9 Å². The van der Waals surface area contributed by atoms with Crippen LogP contribution in [0, 0.1) is 6.92 Å². The van der Waals surface area contributed by atoms with Gasteiger partial charge in [-0.2, -0.15) is 0 Å². The molecule has 0 bridgehead atoms. The smallest absolute Gasteiger partial charge is 0.339 e. The second-order valence-electron chi connectivity index (χ2n) is 6.95. The van der Waals surface area contributed by atoms with Gasteiger partial charge in [-0.25, -0.2) is 14.8 Å². The Bertz CT molecular complexity index is 1070. The molecule has 3 aromatic rings. The van der Waals surface area contributed by atoms with Gasteiger partial charge in [0.1, 0.15) is 17.9 Å². The number of hydrogen-bond acceptors (Lipinski definition) is 7. The zero-order valence-corrected chi connectivity index (χ0v) is 16.4. The third kappa shape index (κ3) is 3.53. The van der Waals surface area contributed by atoms with Crippen molar-refractivity contribution < 1.29 is 18.7 Å². The number of aryl methyl sites for hydroxylation is 1. The number of aromatic nitrogens is 2. The molecule has 2 aromatic heterocycles. The van der Waals surface area contributed by atoms with E-state index in [9.17, 15) is 9.59 Å². The topological polar surface area (TPSA) is 97.6 Å². The molecule has 1 fully saturated rings. The van der Waals surface area contributed by atoms with Crippen molar-refractivity contribution in [2.45, 2.75) is 26.2 Å². The van der Waals surface area contributed by atoms with E-state index in [0.29, 0.717) is 33.9 Å². The van der Waals surface area contributed by atoms with E-state index < -0.39 is 5.97 Å². The van der Waals surface area contributed by atoms with Crippen LogP contribution in [0.5, 0.6) is 0 Å². The number of carbonyl (C=O) groups excluding carboxylic acids is 2. The molecule has 0 radical (unpaired) electrons. The summed E-state index contributed by atoms with van der Waals surface area (Å²) < 4.78 is 10.6. The zero-order valence-electron chi connectivity index (χ0n) is 16.4. The third-order valence-electron chi connectivity index (χ3n) is 5.11. The molecule has 1 saturated heterocycles. The number of carbonyl (C=O) groups is 2. The Balaban J connectivity index is 1.75. The van der Waals surface area contributed by atoms with Crippen LogP contribution >= 0.6 is 0 Å². The molecule has 0 aliphatic carbocycles. The first-order chi connectivity index (χ1) is 14.1. The number of methoxy groups -OCH3 is 1. The molecule has 1 amide bonds. The highest BCUT2D eigenvalue weighted by molar-refractivity contribution is 6.16. The summed E-state index contributed by atoms with van der Waals surface area (Å²) in [5.74, 6) is 0.252. The minimum Gasteiger partial charge on any atom is -0.465 e. The van der Waals surface area contributed by atoms with Crippen LogP contribution in [-0.2, 0) is 4.74 Å². The lowest BCUT2D eigenvalue weighted by atomic mass is 10.1. The van der Waals surface area contributed by atoms with Crippen LogP contribution in [0.25, 0.3) is 11.1 Å². The van der Waals surface area contributed by atoms with Crippen LogP contribution in [-0.4, -0.2) is 42.0 Å². The van der Waals surface area contributed by atoms with Gasteiger partial charge in [-0.3, -0.25) is 4.79 Å². The summed E-state index contributed by atoms with van der Waals surface area (Å²) in [5, 5.41) is 3.41. The number of nitrogens with one attached hydrogen (secondary N) is 1. The number of ether oxygens (including phenoxy) is 1. The van der Waals surface area contributed by atoms with E-state index in [-0.39, 0.29) is 11.5 Å². The summed E-state index contributed by atoms with van der Waals surface area (Å²) >= 11 is 0. The number of para-hydroxylation sites is 1. The number of hydrogen-bond donors (Lipinski definition) is 1. The minimum atomic E-state index is -0.521.